The molecule has 0 bridgehead atoms. The van der Waals surface area contributed by atoms with Crippen molar-refractivity contribution in [2.75, 3.05) is 5.32 Å². The highest BCUT2D eigenvalue weighted by Gasteiger charge is 2.13. The third kappa shape index (κ3) is 2.28. The summed E-state index contributed by atoms with van der Waals surface area (Å²) in [6, 6.07) is 14.9. The third-order valence-corrected chi connectivity index (χ3v) is 3.46. The van der Waals surface area contributed by atoms with E-state index in [0.29, 0.717) is 16.3 Å². The lowest BCUT2D eigenvalue weighted by atomic mass is 10.1. The van der Waals surface area contributed by atoms with Gasteiger partial charge in [0.2, 0.25) is 0 Å². The lowest BCUT2D eigenvalue weighted by molar-refractivity contribution is 0.102. The first-order valence-electron chi connectivity index (χ1n) is 6.26. The molecule has 0 unspecified atom stereocenters. The Morgan fingerprint density at radius 1 is 1.15 bits per heavy atom. The number of aryl methyl sites for hydroxylation is 1. The minimum atomic E-state index is -0.135. The van der Waals surface area contributed by atoms with Crippen LogP contribution < -0.4 is 5.32 Å². The molecule has 0 aliphatic heterocycles. The van der Waals surface area contributed by atoms with Gasteiger partial charge in [0.15, 0.2) is 0 Å². The zero-order chi connectivity index (χ0) is 14.1. The summed E-state index contributed by atoms with van der Waals surface area (Å²) < 4.78 is 1.95. The van der Waals surface area contributed by atoms with Crippen molar-refractivity contribution < 1.29 is 4.79 Å². The molecular weight excluding hydrogens is 272 g/mol. The predicted octanol–water partition coefficient (Wildman–Crippen LogP) is 4.08. The van der Waals surface area contributed by atoms with Crippen LogP contribution in [0.3, 0.4) is 0 Å². The van der Waals surface area contributed by atoms with Gasteiger partial charge in [0.25, 0.3) is 5.91 Å². The number of halogens is 1. The van der Waals surface area contributed by atoms with Crippen LogP contribution in [0.2, 0.25) is 5.02 Å². The van der Waals surface area contributed by atoms with Gasteiger partial charge in [0.05, 0.1) is 5.56 Å². The number of rotatable bonds is 2. The van der Waals surface area contributed by atoms with Crippen molar-refractivity contribution >= 4 is 34.1 Å². The topological polar surface area (TPSA) is 34.0 Å². The quantitative estimate of drug-likeness (QED) is 0.756. The van der Waals surface area contributed by atoms with Crippen molar-refractivity contribution in [1.82, 2.24) is 4.57 Å². The maximum Gasteiger partial charge on any atom is 0.257 e. The molecule has 100 valence electrons. The number of aromatic nitrogens is 1. The lowest BCUT2D eigenvalue weighted by Gasteiger charge is -2.04. The Bertz CT molecular complexity index is 792. The van der Waals surface area contributed by atoms with E-state index in [1.165, 1.54) is 0 Å². The van der Waals surface area contributed by atoms with Crippen molar-refractivity contribution in [2.24, 2.45) is 7.05 Å². The summed E-state index contributed by atoms with van der Waals surface area (Å²) in [6.45, 7) is 0. The molecule has 0 saturated heterocycles. The van der Waals surface area contributed by atoms with Crippen LogP contribution in [0, 0.1) is 0 Å². The molecule has 0 saturated carbocycles. The summed E-state index contributed by atoms with van der Waals surface area (Å²) in [5.74, 6) is -0.135. The number of nitrogens with zero attached hydrogens (tertiary/aromatic N) is 1. The first kappa shape index (κ1) is 12.8. The molecule has 20 heavy (non-hydrogen) atoms. The third-order valence-electron chi connectivity index (χ3n) is 3.22. The Kier molecular flexibility index (Phi) is 3.20. The van der Waals surface area contributed by atoms with E-state index in [1.54, 1.807) is 18.2 Å². The maximum atomic E-state index is 12.4. The van der Waals surface area contributed by atoms with Gasteiger partial charge in [-0.15, -0.1) is 0 Å². The molecule has 1 heterocycles. The smallest absolute Gasteiger partial charge is 0.257 e. The van der Waals surface area contributed by atoms with E-state index in [9.17, 15) is 4.79 Å². The highest BCUT2D eigenvalue weighted by molar-refractivity contribution is 6.31. The van der Waals surface area contributed by atoms with Crippen molar-refractivity contribution in [3.05, 3.63) is 65.3 Å². The SMILES string of the molecule is Cn1cc(C(=O)Nc2cccc(Cl)c2)c2ccccc21. The second-order valence-corrected chi connectivity index (χ2v) is 5.07. The molecule has 1 N–H and O–H groups in total. The van der Waals surface area contributed by atoms with Crippen molar-refractivity contribution in [3.8, 4) is 0 Å². The van der Waals surface area contributed by atoms with Gasteiger partial charge in [-0.2, -0.15) is 0 Å². The molecule has 3 rings (SSSR count). The van der Waals surface area contributed by atoms with Gasteiger partial charge in [-0.3, -0.25) is 4.79 Å². The molecule has 4 heteroatoms. The van der Waals surface area contributed by atoms with Gasteiger partial charge >= 0.3 is 0 Å². The molecule has 0 spiro atoms. The number of hydrogen-bond donors (Lipinski definition) is 1. The average Bonchev–Trinajstić information content (AvgIpc) is 2.77. The lowest BCUT2D eigenvalue weighted by Crippen LogP contribution is -2.11. The van der Waals surface area contributed by atoms with Crippen LogP contribution in [0.5, 0.6) is 0 Å². The number of para-hydroxylation sites is 1. The zero-order valence-corrected chi connectivity index (χ0v) is 11.7. The van der Waals surface area contributed by atoms with Gasteiger partial charge in [-0.1, -0.05) is 35.9 Å². The van der Waals surface area contributed by atoms with Crippen LogP contribution in [0.1, 0.15) is 10.4 Å². The van der Waals surface area contributed by atoms with Crippen LogP contribution in [0.15, 0.2) is 54.7 Å². The Hall–Kier alpha value is -2.26. The largest absolute Gasteiger partial charge is 0.350 e. The summed E-state index contributed by atoms with van der Waals surface area (Å²) in [5, 5.41) is 4.41. The number of fused-ring (bicyclic) bond motifs is 1. The summed E-state index contributed by atoms with van der Waals surface area (Å²) in [5.41, 5.74) is 2.38. The summed E-state index contributed by atoms with van der Waals surface area (Å²) in [7, 11) is 1.93. The fraction of sp³-hybridized carbons (Fsp3) is 0.0625. The van der Waals surface area contributed by atoms with Crippen molar-refractivity contribution in [1.29, 1.82) is 0 Å². The highest BCUT2D eigenvalue weighted by atomic mass is 35.5. The van der Waals surface area contributed by atoms with E-state index < -0.39 is 0 Å². The van der Waals surface area contributed by atoms with E-state index in [0.717, 1.165) is 10.9 Å². The monoisotopic (exact) mass is 284 g/mol. The molecule has 3 nitrogen and oxygen atoms in total. The van der Waals surface area contributed by atoms with Crippen LogP contribution in [-0.4, -0.2) is 10.5 Å². The van der Waals surface area contributed by atoms with Gasteiger partial charge in [-0.25, -0.2) is 0 Å². The van der Waals surface area contributed by atoms with Gasteiger partial charge in [0, 0.05) is 34.9 Å². The normalized spacial score (nSPS) is 10.7. The molecule has 0 atom stereocenters. The molecule has 3 aromatic rings. The van der Waals surface area contributed by atoms with Crippen molar-refractivity contribution in [3.63, 3.8) is 0 Å². The minimum absolute atomic E-state index is 0.135. The summed E-state index contributed by atoms with van der Waals surface area (Å²) in [4.78, 5) is 12.4. The molecule has 0 aliphatic rings. The molecule has 0 fully saturated rings. The molecule has 0 radical (unpaired) electrons. The molecule has 1 amide bonds. The summed E-state index contributed by atoms with van der Waals surface area (Å²) >= 11 is 5.92. The van der Waals surface area contributed by atoms with Crippen molar-refractivity contribution in [2.45, 2.75) is 0 Å². The molecule has 1 aromatic heterocycles. The standard InChI is InChI=1S/C16H13ClN2O/c1-19-10-14(13-7-2-3-8-15(13)19)16(20)18-12-6-4-5-11(17)9-12/h2-10H,1H3,(H,18,20). The summed E-state index contributed by atoms with van der Waals surface area (Å²) in [6.07, 6.45) is 1.84. The van der Waals surface area contributed by atoms with E-state index in [1.807, 2.05) is 48.1 Å². The zero-order valence-electron chi connectivity index (χ0n) is 10.9. The van der Waals surface area contributed by atoms with E-state index in [4.69, 9.17) is 11.6 Å². The van der Waals surface area contributed by atoms with Gasteiger partial charge < -0.3 is 9.88 Å². The number of carbonyl (C=O) groups is 1. The minimum Gasteiger partial charge on any atom is -0.350 e. The van der Waals surface area contributed by atoms with E-state index in [-0.39, 0.29) is 5.91 Å². The second-order valence-electron chi connectivity index (χ2n) is 4.64. The second kappa shape index (κ2) is 5.02. The number of hydrogen-bond acceptors (Lipinski definition) is 1. The Labute approximate surface area is 121 Å². The fourth-order valence-corrected chi connectivity index (χ4v) is 2.48. The first-order chi connectivity index (χ1) is 9.65. The maximum absolute atomic E-state index is 12.4. The Morgan fingerprint density at radius 3 is 2.75 bits per heavy atom. The Balaban J connectivity index is 1.97. The number of amides is 1. The number of benzene rings is 2. The molecular formula is C16H13ClN2O. The number of nitrogens with one attached hydrogen (secondary N) is 1. The average molecular weight is 285 g/mol. The fourth-order valence-electron chi connectivity index (χ4n) is 2.29. The molecule has 0 aliphatic carbocycles. The van der Waals surface area contributed by atoms with Crippen LogP contribution in [0.4, 0.5) is 5.69 Å². The van der Waals surface area contributed by atoms with Gasteiger partial charge in [-0.05, 0) is 24.3 Å². The highest BCUT2D eigenvalue weighted by Crippen LogP contribution is 2.22. The Morgan fingerprint density at radius 2 is 1.95 bits per heavy atom. The van der Waals surface area contributed by atoms with Crippen LogP contribution in [-0.2, 0) is 7.05 Å². The molecule has 2 aromatic carbocycles. The first-order valence-corrected chi connectivity index (χ1v) is 6.64. The predicted molar refractivity (Wildman–Crippen MR) is 82.3 cm³/mol. The van der Waals surface area contributed by atoms with E-state index in [2.05, 4.69) is 5.32 Å². The van der Waals surface area contributed by atoms with E-state index >= 15 is 0 Å². The van der Waals surface area contributed by atoms with Crippen LogP contribution in [0.25, 0.3) is 10.9 Å². The number of carbonyl (C=O) groups excluding carboxylic acids is 1. The number of anilines is 1. The van der Waals surface area contributed by atoms with Crippen LogP contribution >= 0.6 is 11.6 Å². The van der Waals surface area contributed by atoms with Gasteiger partial charge in [0.1, 0.15) is 0 Å².